The van der Waals surface area contributed by atoms with E-state index in [2.05, 4.69) is 33.9 Å². The maximum atomic E-state index is 13.2. The molecule has 4 saturated carbocycles. The van der Waals surface area contributed by atoms with Crippen molar-refractivity contribution in [2.75, 3.05) is 36.0 Å². The maximum absolute atomic E-state index is 13.2. The molecular formula is C41H56N8O3. The van der Waals surface area contributed by atoms with Crippen LogP contribution in [-0.2, 0) is 14.3 Å². The summed E-state index contributed by atoms with van der Waals surface area (Å²) in [6.45, 7) is 11.5. The fourth-order valence-electron chi connectivity index (χ4n) is 11.4. The van der Waals surface area contributed by atoms with Crippen molar-refractivity contribution in [3.8, 4) is 22.8 Å². The number of nitrogens with zero attached hydrogens (tertiary/aromatic N) is 7. The molecule has 4 fully saturated rings. The van der Waals surface area contributed by atoms with Gasteiger partial charge >= 0.3 is 0 Å². The quantitative estimate of drug-likeness (QED) is 0.203. The number of aromatic amines is 1. The second-order valence-electron chi connectivity index (χ2n) is 16.9. The molecule has 4 heterocycles. The van der Waals surface area contributed by atoms with E-state index >= 15 is 0 Å². The van der Waals surface area contributed by atoms with Gasteiger partial charge in [-0.3, -0.25) is 19.6 Å². The Morgan fingerprint density at radius 1 is 0.904 bits per heavy atom. The number of ketones is 1. The largest absolute Gasteiger partial charge is 0.378 e. The van der Waals surface area contributed by atoms with E-state index in [0.29, 0.717) is 64.8 Å². The summed E-state index contributed by atoms with van der Waals surface area (Å²) in [5, 5.41) is 6.87. The number of Topliss-reactive ketones (excluding diaryl/α,β-unsaturated/α-hetero) is 1. The van der Waals surface area contributed by atoms with Gasteiger partial charge in [0, 0.05) is 43.8 Å². The van der Waals surface area contributed by atoms with Crippen LogP contribution in [0.1, 0.15) is 110 Å². The molecular weight excluding hydrogens is 653 g/mol. The van der Waals surface area contributed by atoms with Gasteiger partial charge in [0.2, 0.25) is 5.91 Å². The molecule has 1 aliphatic heterocycles. The number of likely N-dealkylation sites (N-methyl/N-ethyl adjacent to an activating group) is 1. The van der Waals surface area contributed by atoms with Gasteiger partial charge < -0.3 is 9.64 Å². The lowest BCUT2D eigenvalue weighted by Gasteiger charge is -2.60. The van der Waals surface area contributed by atoms with Crippen molar-refractivity contribution >= 4 is 23.3 Å². The summed E-state index contributed by atoms with van der Waals surface area (Å²) in [5.41, 5.74) is 3.71. The highest BCUT2D eigenvalue weighted by Gasteiger charge is 2.60. The smallest absolute Gasteiger partial charge is 0.247 e. The molecule has 0 bridgehead atoms. The molecule has 1 amide bonds. The lowest BCUT2D eigenvalue weighted by molar-refractivity contribution is -0.145. The van der Waals surface area contributed by atoms with Gasteiger partial charge in [-0.15, -0.1) is 0 Å². The molecule has 3 aromatic rings. The molecule has 7 atom stereocenters. The van der Waals surface area contributed by atoms with E-state index in [1.165, 1.54) is 44.9 Å². The van der Waals surface area contributed by atoms with Crippen LogP contribution in [0.25, 0.3) is 22.8 Å². The molecule has 11 nitrogen and oxygen atoms in total. The minimum Gasteiger partial charge on any atom is -0.378 e. The molecule has 1 N–H and O–H groups in total. The minimum atomic E-state index is 0.0537. The second-order valence-corrected chi connectivity index (χ2v) is 16.9. The van der Waals surface area contributed by atoms with Crippen LogP contribution >= 0.6 is 0 Å². The van der Waals surface area contributed by atoms with Crippen molar-refractivity contribution in [2.24, 2.45) is 34.5 Å². The summed E-state index contributed by atoms with van der Waals surface area (Å²) in [7, 11) is 0. The van der Waals surface area contributed by atoms with E-state index in [9.17, 15) is 9.59 Å². The zero-order valence-corrected chi connectivity index (χ0v) is 31.6. The fraction of sp³-hybridized carbons (Fsp3) is 0.683. The first-order valence-corrected chi connectivity index (χ1v) is 20.1. The predicted molar refractivity (Wildman–Crippen MR) is 201 cm³/mol. The fourth-order valence-corrected chi connectivity index (χ4v) is 11.4. The molecule has 5 aliphatic rings. The number of amides is 1. The average Bonchev–Trinajstić information content (AvgIpc) is 3.80. The number of aryl methyl sites for hydroxylation is 1. The summed E-state index contributed by atoms with van der Waals surface area (Å²) in [5.74, 6) is 5.50. The topological polar surface area (TPSA) is 130 Å². The Hall–Kier alpha value is -3.73. The molecule has 8 rings (SSSR count). The third-order valence-corrected chi connectivity index (χ3v) is 14.3. The van der Waals surface area contributed by atoms with Crippen molar-refractivity contribution in [3.05, 3.63) is 30.4 Å². The first kappa shape index (κ1) is 35.3. The highest BCUT2D eigenvalue weighted by atomic mass is 16.5. The van der Waals surface area contributed by atoms with Crippen molar-refractivity contribution in [1.29, 1.82) is 0 Å². The lowest BCUT2D eigenvalue weighted by Crippen LogP contribution is -2.54. The zero-order chi connectivity index (χ0) is 36.0. The van der Waals surface area contributed by atoms with E-state index in [1.54, 1.807) is 11.1 Å². The van der Waals surface area contributed by atoms with Crippen LogP contribution in [0.5, 0.6) is 0 Å². The number of carbonyl (C=O) groups is 2. The number of carbonyl (C=O) groups excluding carboxylic acids is 2. The summed E-state index contributed by atoms with van der Waals surface area (Å²) in [6, 6.07) is 3.85. The van der Waals surface area contributed by atoms with E-state index in [0.717, 1.165) is 92.9 Å². The summed E-state index contributed by atoms with van der Waals surface area (Å²) in [4.78, 5) is 48.1. The second kappa shape index (κ2) is 14.3. The molecule has 0 aromatic carbocycles. The van der Waals surface area contributed by atoms with Crippen LogP contribution in [-0.4, -0.2) is 74.2 Å². The van der Waals surface area contributed by atoms with Gasteiger partial charge in [-0.2, -0.15) is 5.10 Å². The Kier molecular flexibility index (Phi) is 9.68. The number of unbranched alkanes of at least 4 members (excludes halogenated alkanes) is 3. The van der Waals surface area contributed by atoms with Crippen LogP contribution in [0.15, 0.2) is 24.7 Å². The molecule has 278 valence electrons. The van der Waals surface area contributed by atoms with E-state index in [1.807, 2.05) is 26.0 Å². The zero-order valence-electron chi connectivity index (χ0n) is 31.6. The number of anilines is 2. The maximum Gasteiger partial charge on any atom is 0.247 e. The predicted octanol–water partition coefficient (Wildman–Crippen LogP) is 7.36. The van der Waals surface area contributed by atoms with Gasteiger partial charge in [0.15, 0.2) is 17.5 Å². The molecule has 0 saturated heterocycles. The Morgan fingerprint density at radius 3 is 2.56 bits per heavy atom. The highest BCUT2D eigenvalue weighted by molar-refractivity contribution is 6.01. The van der Waals surface area contributed by atoms with Crippen molar-refractivity contribution in [3.63, 3.8) is 0 Å². The normalized spacial score (nSPS) is 31.3. The molecule has 4 aliphatic carbocycles. The number of fused-ring (bicyclic) bond motifs is 6. The third kappa shape index (κ3) is 6.24. The third-order valence-electron chi connectivity index (χ3n) is 14.3. The van der Waals surface area contributed by atoms with Gasteiger partial charge in [-0.1, -0.05) is 26.7 Å². The number of rotatable bonds is 11. The van der Waals surface area contributed by atoms with Crippen LogP contribution < -0.4 is 9.80 Å². The number of aromatic nitrogens is 6. The lowest BCUT2D eigenvalue weighted by atomic mass is 9.45. The Morgan fingerprint density at radius 2 is 1.75 bits per heavy atom. The SMILES string of the molecule is CCN1C(=O)CN(CCCCCCO[C@H]2CC[C@H]3[C@@H]4CC[C@H]5CC(=O)CC[C@]5(C)[C@H]4CC[C@]23C)c2ncc(-c3ccc(-c4nc[nH]n4)nc3C)nc21. The van der Waals surface area contributed by atoms with Gasteiger partial charge in [0.25, 0.3) is 0 Å². The average molecular weight is 709 g/mol. The number of hydrogen-bond donors (Lipinski definition) is 1. The number of ether oxygens (including phenoxy) is 1. The first-order valence-electron chi connectivity index (χ1n) is 20.1. The van der Waals surface area contributed by atoms with Crippen LogP contribution in [0.3, 0.4) is 0 Å². The first-order chi connectivity index (χ1) is 25.2. The van der Waals surface area contributed by atoms with Gasteiger partial charge in [-0.05, 0) is 118 Å². The van der Waals surface area contributed by atoms with Crippen molar-refractivity contribution in [2.45, 2.75) is 117 Å². The van der Waals surface area contributed by atoms with Crippen molar-refractivity contribution in [1.82, 2.24) is 30.1 Å². The van der Waals surface area contributed by atoms with Crippen LogP contribution in [0.4, 0.5) is 11.6 Å². The van der Waals surface area contributed by atoms with Crippen molar-refractivity contribution < 1.29 is 14.3 Å². The Balaban J connectivity index is 0.828. The molecule has 3 aromatic heterocycles. The molecule has 0 spiro atoms. The van der Waals surface area contributed by atoms with Crippen LogP contribution in [0.2, 0.25) is 0 Å². The monoisotopic (exact) mass is 708 g/mol. The van der Waals surface area contributed by atoms with Gasteiger partial charge in [0.05, 0.1) is 24.5 Å². The highest BCUT2D eigenvalue weighted by Crippen LogP contribution is 2.66. The molecule has 11 heteroatoms. The summed E-state index contributed by atoms with van der Waals surface area (Å²) < 4.78 is 6.73. The summed E-state index contributed by atoms with van der Waals surface area (Å²) >= 11 is 0. The minimum absolute atomic E-state index is 0.0537. The Labute approximate surface area is 308 Å². The van der Waals surface area contributed by atoms with E-state index in [4.69, 9.17) is 19.7 Å². The number of nitrogens with one attached hydrogen (secondary N) is 1. The Bertz CT molecular complexity index is 1780. The van der Waals surface area contributed by atoms with Crippen LogP contribution in [0, 0.1) is 41.4 Å². The van der Waals surface area contributed by atoms with Gasteiger partial charge in [-0.25, -0.2) is 19.9 Å². The van der Waals surface area contributed by atoms with Gasteiger partial charge in [0.1, 0.15) is 17.8 Å². The molecule has 0 unspecified atom stereocenters. The molecule has 0 radical (unpaired) electrons. The standard InChI is InChI=1S/C41H56N8O3/c1-5-49-36(51)24-48(38-39(49)46-34(23-42-38)29-12-14-33(45-26(29)2)37-43-25-44-47-37)20-8-6-7-9-21-52-35-15-13-31-30-11-10-27-22-28(50)16-18-40(27,3)32(30)17-19-41(31,35)4/h12,14,23,25,27,30-32,35H,5-11,13,15-22,24H2,1-4H3,(H,43,44,47)/t27-,30-,31-,32-,35-,40-,41-/m0/s1. The van der Waals surface area contributed by atoms with E-state index < -0.39 is 0 Å². The number of pyridine rings is 1. The number of hydrogen-bond acceptors (Lipinski definition) is 9. The van der Waals surface area contributed by atoms with E-state index in [-0.39, 0.29) is 5.91 Å². The summed E-state index contributed by atoms with van der Waals surface area (Å²) in [6.07, 6.45) is 18.4. The number of H-pyrrole nitrogens is 1. The molecule has 52 heavy (non-hydrogen) atoms.